The smallest absolute Gasteiger partial charge is 0.309 e. The SMILES string of the molecule is NCCCNc1nc(CC(=O)O)cs1. The molecule has 0 unspecified atom stereocenters. The van der Waals surface area contributed by atoms with Crippen molar-refractivity contribution < 1.29 is 9.90 Å². The molecule has 78 valence electrons. The first kappa shape index (κ1) is 10.9. The van der Waals surface area contributed by atoms with E-state index in [9.17, 15) is 4.79 Å². The predicted molar refractivity (Wildman–Crippen MR) is 55.6 cm³/mol. The molecule has 0 aliphatic carbocycles. The lowest BCUT2D eigenvalue weighted by molar-refractivity contribution is -0.136. The molecule has 0 aliphatic heterocycles. The van der Waals surface area contributed by atoms with Gasteiger partial charge in [-0.25, -0.2) is 4.98 Å². The highest BCUT2D eigenvalue weighted by molar-refractivity contribution is 7.13. The highest BCUT2D eigenvalue weighted by Gasteiger charge is 2.04. The fraction of sp³-hybridized carbons (Fsp3) is 0.500. The molecule has 1 rings (SSSR count). The maximum Gasteiger partial charge on any atom is 0.309 e. The fourth-order valence-electron chi connectivity index (χ4n) is 0.922. The minimum atomic E-state index is -0.858. The number of nitrogens with one attached hydrogen (secondary N) is 1. The van der Waals surface area contributed by atoms with Crippen LogP contribution >= 0.6 is 11.3 Å². The molecule has 0 bridgehead atoms. The van der Waals surface area contributed by atoms with Crippen LogP contribution in [0.15, 0.2) is 5.38 Å². The maximum atomic E-state index is 10.4. The zero-order chi connectivity index (χ0) is 10.4. The molecule has 0 atom stereocenters. The topological polar surface area (TPSA) is 88.2 Å². The molecule has 0 saturated carbocycles. The molecule has 1 aromatic heterocycles. The molecule has 0 aliphatic rings. The number of rotatable bonds is 6. The molecule has 6 heteroatoms. The van der Waals surface area contributed by atoms with Crippen molar-refractivity contribution in [3.8, 4) is 0 Å². The quantitative estimate of drug-likeness (QED) is 0.602. The molecule has 0 spiro atoms. The molecule has 0 aromatic carbocycles. The third-order valence-electron chi connectivity index (χ3n) is 1.54. The van der Waals surface area contributed by atoms with Crippen LogP contribution in [-0.2, 0) is 11.2 Å². The van der Waals surface area contributed by atoms with Gasteiger partial charge in [0.2, 0.25) is 0 Å². The van der Waals surface area contributed by atoms with Crippen LogP contribution in [0.1, 0.15) is 12.1 Å². The van der Waals surface area contributed by atoms with Gasteiger partial charge in [0.25, 0.3) is 0 Å². The van der Waals surface area contributed by atoms with E-state index in [2.05, 4.69) is 10.3 Å². The minimum absolute atomic E-state index is 0.0188. The lowest BCUT2D eigenvalue weighted by Gasteiger charge is -1.98. The van der Waals surface area contributed by atoms with E-state index in [0.717, 1.165) is 18.1 Å². The first-order valence-electron chi connectivity index (χ1n) is 4.32. The molecular formula is C8H13N3O2S. The summed E-state index contributed by atoms with van der Waals surface area (Å²) in [6.45, 7) is 1.41. The van der Waals surface area contributed by atoms with Crippen molar-refractivity contribution in [3.05, 3.63) is 11.1 Å². The Hall–Kier alpha value is -1.14. The van der Waals surface area contributed by atoms with Crippen LogP contribution in [0.2, 0.25) is 0 Å². The molecule has 1 aromatic rings. The predicted octanol–water partition coefficient (Wildman–Crippen LogP) is 0.531. The molecule has 0 fully saturated rings. The van der Waals surface area contributed by atoms with Crippen LogP contribution in [0.4, 0.5) is 5.13 Å². The van der Waals surface area contributed by atoms with E-state index in [0.29, 0.717) is 12.2 Å². The monoisotopic (exact) mass is 215 g/mol. The number of carboxylic acids is 1. The van der Waals surface area contributed by atoms with Crippen molar-refractivity contribution in [1.29, 1.82) is 0 Å². The summed E-state index contributed by atoms with van der Waals surface area (Å²) in [5, 5.41) is 14.1. The van der Waals surface area contributed by atoms with Crippen LogP contribution in [0.25, 0.3) is 0 Å². The summed E-state index contributed by atoms with van der Waals surface area (Å²) in [6.07, 6.45) is 0.864. The zero-order valence-electron chi connectivity index (χ0n) is 7.69. The highest BCUT2D eigenvalue weighted by atomic mass is 32.1. The Labute approximate surface area is 86.0 Å². The van der Waals surface area contributed by atoms with Crippen LogP contribution in [0, 0.1) is 0 Å². The normalized spacial score (nSPS) is 10.1. The number of nitrogens with zero attached hydrogens (tertiary/aromatic N) is 1. The Morgan fingerprint density at radius 2 is 2.50 bits per heavy atom. The molecular weight excluding hydrogens is 202 g/mol. The summed E-state index contributed by atoms with van der Waals surface area (Å²) in [6, 6.07) is 0. The highest BCUT2D eigenvalue weighted by Crippen LogP contribution is 2.15. The van der Waals surface area contributed by atoms with Crippen molar-refractivity contribution in [2.24, 2.45) is 5.73 Å². The summed E-state index contributed by atoms with van der Waals surface area (Å²) in [5.74, 6) is -0.858. The molecule has 14 heavy (non-hydrogen) atoms. The second kappa shape index (κ2) is 5.56. The molecule has 0 amide bonds. The number of anilines is 1. The van der Waals surface area contributed by atoms with Gasteiger partial charge in [0.1, 0.15) is 0 Å². The fourth-order valence-corrected chi connectivity index (χ4v) is 1.66. The molecule has 4 N–H and O–H groups in total. The standard InChI is InChI=1S/C8H13N3O2S/c9-2-1-3-10-8-11-6(5-14-8)4-7(12)13/h5H,1-4,9H2,(H,10,11)(H,12,13). The first-order valence-corrected chi connectivity index (χ1v) is 5.20. The van der Waals surface area contributed by atoms with E-state index in [1.807, 2.05) is 0 Å². The van der Waals surface area contributed by atoms with E-state index in [4.69, 9.17) is 10.8 Å². The number of carboxylic acid groups (broad SMARTS) is 1. The van der Waals surface area contributed by atoms with Crippen LogP contribution in [0.5, 0.6) is 0 Å². The molecule has 1 heterocycles. The van der Waals surface area contributed by atoms with Crippen molar-refractivity contribution in [2.75, 3.05) is 18.4 Å². The van der Waals surface area contributed by atoms with Gasteiger partial charge in [-0.05, 0) is 13.0 Å². The number of thiazole rings is 1. The Bertz CT molecular complexity index is 301. The van der Waals surface area contributed by atoms with Crippen LogP contribution in [0.3, 0.4) is 0 Å². The lowest BCUT2D eigenvalue weighted by atomic mass is 10.3. The van der Waals surface area contributed by atoms with Crippen molar-refractivity contribution in [2.45, 2.75) is 12.8 Å². The summed E-state index contributed by atoms with van der Waals surface area (Å²) in [7, 11) is 0. The van der Waals surface area contributed by atoms with E-state index in [-0.39, 0.29) is 6.42 Å². The van der Waals surface area contributed by atoms with Gasteiger partial charge in [0, 0.05) is 11.9 Å². The number of aliphatic carboxylic acids is 1. The Morgan fingerprint density at radius 1 is 1.71 bits per heavy atom. The van der Waals surface area contributed by atoms with E-state index >= 15 is 0 Å². The van der Waals surface area contributed by atoms with Gasteiger partial charge in [-0.1, -0.05) is 0 Å². The summed E-state index contributed by atoms with van der Waals surface area (Å²) in [4.78, 5) is 14.5. The summed E-state index contributed by atoms with van der Waals surface area (Å²) < 4.78 is 0. The molecule has 5 nitrogen and oxygen atoms in total. The lowest BCUT2D eigenvalue weighted by Crippen LogP contribution is -2.08. The van der Waals surface area contributed by atoms with Crippen molar-refractivity contribution >= 4 is 22.4 Å². The van der Waals surface area contributed by atoms with Gasteiger partial charge in [0.15, 0.2) is 5.13 Å². The Kier molecular flexibility index (Phi) is 4.34. The second-order valence-corrected chi connectivity index (χ2v) is 3.64. The Balaban J connectivity index is 2.38. The number of aromatic nitrogens is 1. The van der Waals surface area contributed by atoms with Gasteiger partial charge in [-0.2, -0.15) is 0 Å². The van der Waals surface area contributed by atoms with Crippen molar-refractivity contribution in [3.63, 3.8) is 0 Å². The minimum Gasteiger partial charge on any atom is -0.481 e. The van der Waals surface area contributed by atoms with Crippen molar-refractivity contribution in [1.82, 2.24) is 4.98 Å². The van der Waals surface area contributed by atoms with Gasteiger partial charge in [-0.3, -0.25) is 4.79 Å². The molecule has 0 radical (unpaired) electrons. The average Bonchev–Trinajstić information content (AvgIpc) is 2.52. The second-order valence-electron chi connectivity index (χ2n) is 2.78. The summed E-state index contributed by atoms with van der Waals surface area (Å²) in [5.41, 5.74) is 5.92. The van der Waals surface area contributed by atoms with E-state index < -0.39 is 5.97 Å². The number of hydrogen-bond donors (Lipinski definition) is 3. The van der Waals surface area contributed by atoms with E-state index in [1.165, 1.54) is 11.3 Å². The number of carbonyl (C=O) groups is 1. The van der Waals surface area contributed by atoms with Gasteiger partial charge in [-0.15, -0.1) is 11.3 Å². The largest absolute Gasteiger partial charge is 0.481 e. The van der Waals surface area contributed by atoms with Gasteiger partial charge >= 0.3 is 5.97 Å². The van der Waals surface area contributed by atoms with Gasteiger partial charge < -0.3 is 16.2 Å². The number of nitrogens with two attached hydrogens (primary N) is 1. The zero-order valence-corrected chi connectivity index (χ0v) is 8.51. The maximum absolute atomic E-state index is 10.4. The number of hydrogen-bond acceptors (Lipinski definition) is 5. The van der Waals surface area contributed by atoms with Gasteiger partial charge in [0.05, 0.1) is 12.1 Å². The van der Waals surface area contributed by atoms with Crippen LogP contribution in [-0.4, -0.2) is 29.1 Å². The third-order valence-corrected chi connectivity index (χ3v) is 2.39. The van der Waals surface area contributed by atoms with E-state index in [1.54, 1.807) is 5.38 Å². The average molecular weight is 215 g/mol. The van der Waals surface area contributed by atoms with Crippen LogP contribution < -0.4 is 11.1 Å². The first-order chi connectivity index (χ1) is 6.72. The molecule has 0 saturated heterocycles. The summed E-state index contributed by atoms with van der Waals surface area (Å²) >= 11 is 1.42. The Morgan fingerprint density at radius 3 is 3.14 bits per heavy atom. The third kappa shape index (κ3) is 3.71.